The molecule has 0 aromatic heterocycles. The molecule has 0 saturated heterocycles. The molecular formula is C21H27ClN2O4S. The first-order chi connectivity index (χ1) is 13.7. The van der Waals surface area contributed by atoms with Crippen LogP contribution in [-0.4, -0.2) is 34.0 Å². The van der Waals surface area contributed by atoms with Crippen molar-refractivity contribution in [2.75, 3.05) is 18.0 Å². The van der Waals surface area contributed by atoms with Gasteiger partial charge in [0.1, 0.15) is 17.2 Å². The van der Waals surface area contributed by atoms with Crippen LogP contribution in [0.3, 0.4) is 0 Å². The number of rotatable bonds is 9. The van der Waals surface area contributed by atoms with E-state index in [0.29, 0.717) is 10.7 Å². The SMILES string of the molecule is CCC[C@@H](C)NC(=O)CN(c1ccc(Cl)cc1)S(=O)(=O)c1cc(C)ccc1OC. The van der Waals surface area contributed by atoms with Gasteiger partial charge in [-0.3, -0.25) is 9.10 Å². The van der Waals surface area contributed by atoms with Gasteiger partial charge in [0.2, 0.25) is 5.91 Å². The van der Waals surface area contributed by atoms with E-state index >= 15 is 0 Å². The van der Waals surface area contributed by atoms with Gasteiger partial charge in [0.15, 0.2) is 0 Å². The molecule has 1 atom stereocenters. The Morgan fingerprint density at radius 1 is 1.21 bits per heavy atom. The molecule has 0 aliphatic heterocycles. The lowest BCUT2D eigenvalue weighted by atomic mass is 10.2. The zero-order valence-corrected chi connectivity index (χ0v) is 18.7. The van der Waals surface area contributed by atoms with E-state index in [1.54, 1.807) is 43.3 Å². The van der Waals surface area contributed by atoms with E-state index in [1.165, 1.54) is 13.2 Å². The molecule has 158 valence electrons. The maximum absolute atomic E-state index is 13.5. The number of hydrogen-bond donors (Lipinski definition) is 1. The number of anilines is 1. The van der Waals surface area contributed by atoms with Crippen LogP contribution in [0.25, 0.3) is 0 Å². The standard InChI is InChI=1S/C21H27ClN2O4S/c1-5-6-16(3)23-21(25)14-24(18-10-8-17(22)9-11-18)29(26,27)20-13-15(2)7-12-19(20)28-4/h7-13,16H,5-6,14H2,1-4H3,(H,23,25)/t16-/m1/s1. The molecule has 0 aliphatic rings. The third-order valence-electron chi connectivity index (χ3n) is 4.42. The summed E-state index contributed by atoms with van der Waals surface area (Å²) in [5.74, 6) is -0.162. The number of aryl methyl sites for hydroxylation is 1. The molecule has 0 unspecified atom stereocenters. The predicted octanol–water partition coefficient (Wildman–Crippen LogP) is 4.16. The van der Waals surface area contributed by atoms with Gasteiger partial charge in [0, 0.05) is 11.1 Å². The first kappa shape index (κ1) is 23.0. The molecule has 2 rings (SSSR count). The summed E-state index contributed by atoms with van der Waals surface area (Å²) in [7, 11) is -2.66. The maximum Gasteiger partial charge on any atom is 0.268 e. The minimum absolute atomic E-state index is 0.00403. The van der Waals surface area contributed by atoms with Crippen LogP contribution in [0.2, 0.25) is 5.02 Å². The second-order valence-electron chi connectivity index (χ2n) is 6.90. The number of methoxy groups -OCH3 is 1. The van der Waals surface area contributed by atoms with Crippen molar-refractivity contribution in [3.05, 3.63) is 53.1 Å². The first-order valence-electron chi connectivity index (χ1n) is 9.41. The van der Waals surface area contributed by atoms with E-state index in [1.807, 2.05) is 13.8 Å². The van der Waals surface area contributed by atoms with E-state index in [4.69, 9.17) is 16.3 Å². The van der Waals surface area contributed by atoms with Crippen molar-refractivity contribution in [1.29, 1.82) is 0 Å². The van der Waals surface area contributed by atoms with Gasteiger partial charge in [-0.25, -0.2) is 8.42 Å². The molecule has 1 N–H and O–H groups in total. The summed E-state index contributed by atoms with van der Waals surface area (Å²) in [6.45, 7) is 5.36. The number of carbonyl (C=O) groups excluding carboxylic acids is 1. The van der Waals surface area contributed by atoms with E-state index in [2.05, 4.69) is 5.32 Å². The molecule has 29 heavy (non-hydrogen) atoms. The van der Waals surface area contributed by atoms with E-state index in [9.17, 15) is 13.2 Å². The molecule has 8 heteroatoms. The zero-order chi connectivity index (χ0) is 21.6. The summed E-state index contributed by atoms with van der Waals surface area (Å²) in [6.07, 6.45) is 1.73. The van der Waals surface area contributed by atoms with E-state index in [0.717, 1.165) is 22.7 Å². The number of halogens is 1. The molecular weight excluding hydrogens is 412 g/mol. The molecule has 2 aromatic carbocycles. The lowest BCUT2D eigenvalue weighted by Gasteiger charge is -2.26. The third-order valence-corrected chi connectivity index (χ3v) is 6.47. The van der Waals surface area contributed by atoms with Crippen molar-refractivity contribution in [3.63, 3.8) is 0 Å². The highest BCUT2D eigenvalue weighted by Crippen LogP contribution is 2.31. The van der Waals surface area contributed by atoms with Gasteiger partial charge < -0.3 is 10.1 Å². The normalized spacial score (nSPS) is 12.3. The van der Waals surface area contributed by atoms with Gasteiger partial charge in [0.05, 0.1) is 12.8 Å². The Morgan fingerprint density at radius 3 is 2.45 bits per heavy atom. The average molecular weight is 439 g/mol. The summed E-state index contributed by atoms with van der Waals surface area (Å²) >= 11 is 5.96. The van der Waals surface area contributed by atoms with Gasteiger partial charge in [-0.1, -0.05) is 31.0 Å². The summed E-state index contributed by atoms with van der Waals surface area (Å²) < 4.78 is 33.4. The quantitative estimate of drug-likeness (QED) is 0.637. The van der Waals surface area contributed by atoms with Crippen molar-refractivity contribution in [2.24, 2.45) is 0 Å². The highest BCUT2D eigenvalue weighted by atomic mass is 35.5. The summed E-state index contributed by atoms with van der Waals surface area (Å²) in [4.78, 5) is 12.6. The van der Waals surface area contributed by atoms with Gasteiger partial charge in [-0.2, -0.15) is 0 Å². The van der Waals surface area contributed by atoms with Gasteiger partial charge in [-0.05, 0) is 62.2 Å². The topological polar surface area (TPSA) is 75.7 Å². The molecule has 0 radical (unpaired) electrons. The fraction of sp³-hybridized carbons (Fsp3) is 0.381. The molecule has 0 bridgehead atoms. The van der Waals surface area contributed by atoms with Gasteiger partial charge in [-0.15, -0.1) is 0 Å². The molecule has 6 nitrogen and oxygen atoms in total. The fourth-order valence-corrected chi connectivity index (χ4v) is 4.77. The molecule has 1 amide bonds. The van der Waals surface area contributed by atoms with E-state index < -0.39 is 10.0 Å². The molecule has 0 saturated carbocycles. The number of carbonyl (C=O) groups is 1. The Labute approximate surface area is 177 Å². The minimum atomic E-state index is -4.07. The first-order valence-corrected chi connectivity index (χ1v) is 11.2. The number of hydrogen-bond acceptors (Lipinski definition) is 4. The monoisotopic (exact) mass is 438 g/mol. The Hall–Kier alpha value is -2.25. The number of sulfonamides is 1. The largest absolute Gasteiger partial charge is 0.495 e. The molecule has 2 aromatic rings. The number of amides is 1. The lowest BCUT2D eigenvalue weighted by Crippen LogP contribution is -2.43. The van der Waals surface area contributed by atoms with Gasteiger partial charge in [0.25, 0.3) is 10.0 Å². The maximum atomic E-state index is 13.5. The Kier molecular flexibility index (Phi) is 7.93. The van der Waals surface area contributed by atoms with Crippen molar-refractivity contribution in [1.82, 2.24) is 5.32 Å². The third kappa shape index (κ3) is 5.87. The smallest absolute Gasteiger partial charge is 0.268 e. The summed E-state index contributed by atoms with van der Waals surface area (Å²) in [6, 6.07) is 11.2. The van der Waals surface area contributed by atoms with Crippen LogP contribution in [0.5, 0.6) is 5.75 Å². The zero-order valence-electron chi connectivity index (χ0n) is 17.1. The van der Waals surface area contributed by atoms with Crippen molar-refractivity contribution in [2.45, 2.75) is 44.6 Å². The second kappa shape index (κ2) is 9.98. The van der Waals surface area contributed by atoms with E-state index in [-0.39, 0.29) is 29.1 Å². The number of benzene rings is 2. The number of ether oxygens (including phenoxy) is 1. The summed E-state index contributed by atoms with van der Waals surface area (Å²) in [5.41, 5.74) is 1.11. The van der Waals surface area contributed by atoms with Crippen LogP contribution >= 0.6 is 11.6 Å². The lowest BCUT2D eigenvalue weighted by molar-refractivity contribution is -0.120. The number of nitrogens with zero attached hydrogens (tertiary/aromatic N) is 1. The van der Waals surface area contributed by atoms with Crippen LogP contribution in [0.4, 0.5) is 5.69 Å². The molecule has 0 aliphatic carbocycles. The van der Waals surface area contributed by atoms with Crippen molar-refractivity contribution in [3.8, 4) is 5.75 Å². The second-order valence-corrected chi connectivity index (χ2v) is 9.17. The average Bonchev–Trinajstić information content (AvgIpc) is 2.67. The van der Waals surface area contributed by atoms with Crippen LogP contribution in [-0.2, 0) is 14.8 Å². The Morgan fingerprint density at radius 2 is 1.86 bits per heavy atom. The Bertz CT molecular complexity index is 946. The molecule has 0 fully saturated rings. The Balaban J connectivity index is 2.48. The van der Waals surface area contributed by atoms with Crippen molar-refractivity contribution < 1.29 is 17.9 Å². The van der Waals surface area contributed by atoms with Crippen LogP contribution in [0, 0.1) is 6.92 Å². The van der Waals surface area contributed by atoms with Crippen LogP contribution < -0.4 is 14.4 Å². The van der Waals surface area contributed by atoms with Crippen LogP contribution in [0.1, 0.15) is 32.3 Å². The predicted molar refractivity (Wildman–Crippen MR) is 116 cm³/mol. The minimum Gasteiger partial charge on any atom is -0.495 e. The highest BCUT2D eigenvalue weighted by molar-refractivity contribution is 7.93. The number of nitrogens with one attached hydrogen (secondary N) is 1. The van der Waals surface area contributed by atoms with Crippen LogP contribution in [0.15, 0.2) is 47.4 Å². The molecule has 0 spiro atoms. The fourth-order valence-electron chi connectivity index (χ4n) is 2.98. The molecule has 0 heterocycles. The van der Waals surface area contributed by atoms with Crippen molar-refractivity contribution >= 4 is 33.2 Å². The summed E-state index contributed by atoms with van der Waals surface area (Å²) in [5, 5.41) is 3.33. The highest BCUT2D eigenvalue weighted by Gasteiger charge is 2.30. The van der Waals surface area contributed by atoms with Gasteiger partial charge >= 0.3 is 0 Å².